The molecule has 0 radical (unpaired) electrons. The Bertz CT molecular complexity index is 218. The van der Waals surface area contributed by atoms with E-state index in [1.807, 2.05) is 0 Å². The van der Waals surface area contributed by atoms with Gasteiger partial charge in [-0.3, -0.25) is 0 Å². The first-order valence-electron chi connectivity index (χ1n) is 6.08. The molecular formula is C13H26N4O. The van der Waals surface area contributed by atoms with Gasteiger partial charge >= 0.3 is 0 Å². The summed E-state index contributed by atoms with van der Waals surface area (Å²) < 4.78 is 4.36. The first-order valence-corrected chi connectivity index (χ1v) is 6.08. The minimum absolute atomic E-state index is 0.833. The summed E-state index contributed by atoms with van der Waals surface area (Å²) in [5.41, 5.74) is 0. The molecule has 0 aliphatic carbocycles. The van der Waals surface area contributed by atoms with Gasteiger partial charge in [0, 0.05) is 12.4 Å². The normalized spacial score (nSPS) is 8.44. The molecule has 0 saturated carbocycles. The van der Waals surface area contributed by atoms with Crippen LogP contribution >= 0.6 is 0 Å². The number of H-pyrrole nitrogens is 1. The van der Waals surface area contributed by atoms with E-state index in [4.69, 9.17) is 0 Å². The van der Waals surface area contributed by atoms with E-state index in [1.54, 1.807) is 18.7 Å². The Hall–Kier alpha value is -1.65. The van der Waals surface area contributed by atoms with Crippen molar-refractivity contribution in [1.29, 1.82) is 0 Å². The molecule has 0 bridgehead atoms. The van der Waals surface area contributed by atoms with Crippen molar-refractivity contribution < 1.29 is 4.42 Å². The molecule has 5 heteroatoms. The van der Waals surface area contributed by atoms with Crippen LogP contribution in [0.2, 0.25) is 0 Å². The van der Waals surface area contributed by atoms with Crippen molar-refractivity contribution in [2.45, 2.75) is 41.5 Å². The molecule has 0 aliphatic heterocycles. The number of aromatic nitrogens is 4. The number of imidazole rings is 1. The van der Waals surface area contributed by atoms with Crippen molar-refractivity contribution >= 4 is 0 Å². The number of nitrogens with one attached hydrogen (secondary N) is 1. The SMILES string of the molecule is CC(C)C.CC(C)C.c1c[nH]cn1.c1nnco1. The highest BCUT2D eigenvalue weighted by Crippen LogP contribution is 1.81. The second-order valence-corrected chi connectivity index (χ2v) is 4.80. The van der Waals surface area contributed by atoms with Crippen LogP contribution in [0.1, 0.15) is 41.5 Å². The lowest BCUT2D eigenvalue weighted by Gasteiger charge is -1.79. The van der Waals surface area contributed by atoms with E-state index in [2.05, 4.69) is 66.1 Å². The quantitative estimate of drug-likeness (QED) is 0.776. The van der Waals surface area contributed by atoms with Crippen LogP contribution in [0.3, 0.4) is 0 Å². The largest absolute Gasteiger partial charge is 0.431 e. The molecular weight excluding hydrogens is 228 g/mol. The highest BCUT2D eigenvalue weighted by molar-refractivity contribution is 4.64. The molecule has 1 N–H and O–H groups in total. The van der Waals surface area contributed by atoms with E-state index in [0.717, 1.165) is 11.8 Å². The van der Waals surface area contributed by atoms with Gasteiger partial charge in [0.1, 0.15) is 0 Å². The summed E-state index contributed by atoms with van der Waals surface area (Å²) in [6, 6.07) is 0. The van der Waals surface area contributed by atoms with Gasteiger partial charge in [0.25, 0.3) is 0 Å². The van der Waals surface area contributed by atoms with Crippen molar-refractivity contribution in [2.24, 2.45) is 11.8 Å². The first-order chi connectivity index (χ1) is 8.46. The van der Waals surface area contributed by atoms with E-state index in [-0.39, 0.29) is 0 Å². The van der Waals surface area contributed by atoms with Crippen molar-refractivity contribution in [3.63, 3.8) is 0 Å². The smallest absolute Gasteiger partial charge is 0.203 e. The molecule has 0 amide bonds. The molecule has 2 rings (SSSR count). The number of aromatic amines is 1. The third kappa shape index (κ3) is 36.7. The van der Waals surface area contributed by atoms with E-state index < -0.39 is 0 Å². The molecule has 0 unspecified atom stereocenters. The second kappa shape index (κ2) is 15.4. The Balaban J connectivity index is 0. The molecule has 0 aromatic carbocycles. The summed E-state index contributed by atoms with van der Waals surface area (Å²) in [6.07, 6.45) is 7.61. The molecule has 2 aromatic rings. The third-order valence-electron chi connectivity index (χ3n) is 0.689. The molecule has 0 aliphatic rings. The fourth-order valence-corrected chi connectivity index (χ4v) is 0.351. The first kappa shape index (κ1) is 18.7. The van der Waals surface area contributed by atoms with E-state index in [0.29, 0.717) is 0 Å². The lowest BCUT2D eigenvalue weighted by Crippen LogP contribution is -1.66. The Kier molecular flexibility index (Phi) is 16.0. The highest BCUT2D eigenvalue weighted by Gasteiger charge is 1.68. The van der Waals surface area contributed by atoms with Gasteiger partial charge in [0.2, 0.25) is 12.8 Å². The van der Waals surface area contributed by atoms with Crippen molar-refractivity contribution in [1.82, 2.24) is 20.2 Å². The van der Waals surface area contributed by atoms with Crippen LogP contribution in [-0.2, 0) is 0 Å². The lowest BCUT2D eigenvalue weighted by molar-refractivity contribution is 0.553. The van der Waals surface area contributed by atoms with Crippen LogP contribution in [0.25, 0.3) is 0 Å². The van der Waals surface area contributed by atoms with Crippen molar-refractivity contribution in [3.05, 3.63) is 31.5 Å². The highest BCUT2D eigenvalue weighted by atomic mass is 16.3. The average Bonchev–Trinajstić information content (AvgIpc) is 2.96. The molecule has 0 fully saturated rings. The Labute approximate surface area is 110 Å². The standard InChI is InChI=1S/2C4H10.C3H4N2.C2H2N2O/c2*1-4(2)3;1-2-5-3-4-1;1-3-4-2-5-1/h2*4H,1-3H3;1-3H,(H,4,5);1-2H. The number of nitrogens with zero attached hydrogens (tertiary/aromatic N) is 3. The summed E-state index contributed by atoms with van der Waals surface area (Å²) in [7, 11) is 0. The van der Waals surface area contributed by atoms with Gasteiger partial charge in [0.05, 0.1) is 6.33 Å². The molecule has 2 aromatic heterocycles. The zero-order chi connectivity index (χ0) is 14.2. The summed E-state index contributed by atoms with van der Waals surface area (Å²) >= 11 is 0. The average molecular weight is 254 g/mol. The lowest BCUT2D eigenvalue weighted by atomic mass is 10.3. The summed E-state index contributed by atoms with van der Waals surface area (Å²) in [5.74, 6) is 1.67. The van der Waals surface area contributed by atoms with Gasteiger partial charge < -0.3 is 9.40 Å². The van der Waals surface area contributed by atoms with Crippen LogP contribution in [0.15, 0.2) is 35.9 Å². The van der Waals surface area contributed by atoms with Crippen LogP contribution in [0.5, 0.6) is 0 Å². The van der Waals surface area contributed by atoms with E-state index in [9.17, 15) is 0 Å². The van der Waals surface area contributed by atoms with Gasteiger partial charge in [-0.1, -0.05) is 41.5 Å². The fraction of sp³-hybridized carbons (Fsp3) is 0.615. The maximum absolute atomic E-state index is 4.36. The minimum Gasteiger partial charge on any atom is -0.431 e. The number of hydrogen-bond acceptors (Lipinski definition) is 4. The van der Waals surface area contributed by atoms with Crippen LogP contribution < -0.4 is 0 Å². The van der Waals surface area contributed by atoms with Crippen LogP contribution in [-0.4, -0.2) is 20.2 Å². The van der Waals surface area contributed by atoms with Crippen LogP contribution in [0, 0.1) is 11.8 Å². The Morgan fingerprint density at radius 1 is 0.889 bits per heavy atom. The molecule has 2 heterocycles. The van der Waals surface area contributed by atoms with Gasteiger partial charge in [0.15, 0.2) is 0 Å². The topological polar surface area (TPSA) is 67.6 Å². The molecule has 5 nitrogen and oxygen atoms in total. The predicted molar refractivity (Wildman–Crippen MR) is 73.9 cm³/mol. The fourth-order valence-electron chi connectivity index (χ4n) is 0.351. The Morgan fingerprint density at radius 3 is 1.44 bits per heavy atom. The van der Waals surface area contributed by atoms with Gasteiger partial charge in [-0.2, -0.15) is 0 Å². The van der Waals surface area contributed by atoms with E-state index >= 15 is 0 Å². The molecule has 0 atom stereocenters. The summed E-state index contributed by atoms with van der Waals surface area (Å²) in [6.45, 7) is 13.0. The van der Waals surface area contributed by atoms with E-state index in [1.165, 1.54) is 12.8 Å². The molecule has 104 valence electrons. The zero-order valence-electron chi connectivity index (χ0n) is 12.3. The molecule has 18 heavy (non-hydrogen) atoms. The third-order valence-corrected chi connectivity index (χ3v) is 0.689. The van der Waals surface area contributed by atoms with Gasteiger partial charge in [-0.25, -0.2) is 4.98 Å². The maximum atomic E-state index is 4.36. The second-order valence-electron chi connectivity index (χ2n) is 4.80. The van der Waals surface area contributed by atoms with Gasteiger partial charge in [-0.15, -0.1) is 10.2 Å². The molecule has 0 spiro atoms. The number of hydrogen-bond donors (Lipinski definition) is 1. The van der Waals surface area contributed by atoms with Crippen LogP contribution in [0.4, 0.5) is 0 Å². The Morgan fingerprint density at radius 2 is 1.33 bits per heavy atom. The minimum atomic E-state index is 0.833. The predicted octanol–water partition coefficient (Wildman–Crippen LogP) is 3.80. The maximum Gasteiger partial charge on any atom is 0.203 e. The molecule has 0 saturated heterocycles. The van der Waals surface area contributed by atoms with Crippen molar-refractivity contribution in [2.75, 3.05) is 0 Å². The zero-order valence-corrected chi connectivity index (χ0v) is 12.3. The van der Waals surface area contributed by atoms with Crippen molar-refractivity contribution in [3.8, 4) is 0 Å². The monoisotopic (exact) mass is 254 g/mol. The van der Waals surface area contributed by atoms with Gasteiger partial charge in [-0.05, 0) is 11.8 Å². The summed E-state index contributed by atoms with van der Waals surface area (Å²) in [4.78, 5) is 6.42. The number of rotatable bonds is 0. The summed E-state index contributed by atoms with van der Waals surface area (Å²) in [5, 5.41) is 6.61.